The van der Waals surface area contributed by atoms with E-state index >= 15 is 0 Å². The smallest absolute Gasteiger partial charge is 0.237 e. The van der Waals surface area contributed by atoms with Crippen LogP contribution in [0.1, 0.15) is 19.2 Å². The molecule has 0 saturated carbocycles. The van der Waals surface area contributed by atoms with Crippen LogP contribution in [-0.4, -0.2) is 15.6 Å². The van der Waals surface area contributed by atoms with E-state index in [1.807, 2.05) is 6.92 Å². The quantitative estimate of drug-likeness (QED) is 0.709. The third-order valence-corrected chi connectivity index (χ3v) is 1.74. The molecule has 0 spiro atoms. The van der Waals surface area contributed by atoms with Crippen LogP contribution in [0.4, 0.5) is 5.13 Å². The van der Waals surface area contributed by atoms with Gasteiger partial charge >= 0.3 is 0 Å². The van der Waals surface area contributed by atoms with E-state index in [1.54, 1.807) is 12.4 Å². The molecular weight excluding hydrogens is 174 g/mol. The lowest BCUT2D eigenvalue weighted by atomic mass is 10.2. The molecule has 0 unspecified atom stereocenters. The number of anilines is 1. The standard InChI is InChI=1S/C7H8N3OS/c1-2-3-5(4-11)6-9-7(8)12-10-6/h3H,2H2,1H3,(H2,8,9,10)/b5-3-. The molecular formula is C7H8N3OS. The zero-order chi connectivity index (χ0) is 8.97. The summed E-state index contributed by atoms with van der Waals surface area (Å²) in [7, 11) is 0. The number of allylic oxidation sites excluding steroid dienone is 2. The van der Waals surface area contributed by atoms with Gasteiger partial charge in [-0.1, -0.05) is 13.0 Å². The van der Waals surface area contributed by atoms with Gasteiger partial charge in [0.15, 0.2) is 11.0 Å². The Balaban J connectivity index is 2.94. The van der Waals surface area contributed by atoms with Gasteiger partial charge in [-0.05, 0) is 6.42 Å². The second-order valence-corrected chi connectivity index (χ2v) is 2.87. The number of rotatable bonds is 3. The average molecular weight is 182 g/mol. The van der Waals surface area contributed by atoms with Gasteiger partial charge in [-0.15, -0.1) is 0 Å². The van der Waals surface area contributed by atoms with Crippen molar-refractivity contribution in [2.75, 3.05) is 5.73 Å². The van der Waals surface area contributed by atoms with Crippen molar-refractivity contribution in [2.45, 2.75) is 13.3 Å². The Kier molecular flexibility index (Phi) is 2.93. The minimum Gasteiger partial charge on any atom is -0.374 e. The molecule has 0 aliphatic heterocycles. The van der Waals surface area contributed by atoms with Crippen LogP contribution in [0.3, 0.4) is 0 Å². The first-order valence-corrected chi connectivity index (χ1v) is 4.23. The van der Waals surface area contributed by atoms with Crippen molar-refractivity contribution in [1.29, 1.82) is 0 Å². The van der Waals surface area contributed by atoms with Gasteiger partial charge in [0, 0.05) is 11.5 Å². The van der Waals surface area contributed by atoms with Gasteiger partial charge in [0.2, 0.25) is 6.29 Å². The Bertz CT molecular complexity index is 305. The van der Waals surface area contributed by atoms with Crippen LogP contribution in [0, 0.1) is 0 Å². The van der Waals surface area contributed by atoms with E-state index in [0.717, 1.165) is 18.0 Å². The summed E-state index contributed by atoms with van der Waals surface area (Å²) in [4.78, 5) is 14.3. The molecule has 12 heavy (non-hydrogen) atoms. The summed E-state index contributed by atoms with van der Waals surface area (Å²) in [6.07, 6.45) is 4.24. The largest absolute Gasteiger partial charge is 0.374 e. The van der Waals surface area contributed by atoms with Crippen LogP contribution in [0.2, 0.25) is 0 Å². The molecule has 1 heterocycles. The summed E-state index contributed by atoms with van der Waals surface area (Å²) >= 11 is 1.07. The van der Waals surface area contributed by atoms with Crippen molar-refractivity contribution in [3.63, 3.8) is 0 Å². The summed E-state index contributed by atoms with van der Waals surface area (Å²) < 4.78 is 3.88. The normalized spacial score (nSPS) is 11.6. The first-order valence-electron chi connectivity index (χ1n) is 3.45. The molecule has 0 atom stereocenters. The van der Waals surface area contributed by atoms with Crippen LogP contribution >= 0.6 is 11.5 Å². The fourth-order valence-corrected chi connectivity index (χ4v) is 1.17. The van der Waals surface area contributed by atoms with Crippen LogP contribution in [0.25, 0.3) is 5.57 Å². The zero-order valence-electron chi connectivity index (χ0n) is 6.57. The highest BCUT2D eigenvalue weighted by Crippen LogP contribution is 2.13. The van der Waals surface area contributed by atoms with Gasteiger partial charge < -0.3 is 5.73 Å². The number of nitrogens with two attached hydrogens (primary N) is 1. The van der Waals surface area contributed by atoms with Crippen LogP contribution in [0.5, 0.6) is 0 Å². The van der Waals surface area contributed by atoms with Crippen LogP contribution in [-0.2, 0) is 4.79 Å². The molecule has 0 fully saturated rings. The van der Waals surface area contributed by atoms with Crippen LogP contribution < -0.4 is 5.73 Å². The topological polar surface area (TPSA) is 68.9 Å². The number of hydrogen-bond acceptors (Lipinski definition) is 5. The van der Waals surface area contributed by atoms with E-state index in [0.29, 0.717) is 16.5 Å². The highest BCUT2D eigenvalue weighted by Gasteiger charge is 2.06. The fourth-order valence-electron chi connectivity index (χ4n) is 0.727. The molecule has 0 bridgehead atoms. The third kappa shape index (κ3) is 1.88. The number of carbonyl (C=O) groups excluding carboxylic acids is 1. The maximum absolute atomic E-state index is 10.4. The summed E-state index contributed by atoms with van der Waals surface area (Å²) in [5.74, 6) is 0.370. The zero-order valence-corrected chi connectivity index (χ0v) is 7.39. The van der Waals surface area contributed by atoms with Gasteiger partial charge in [-0.25, -0.2) is 0 Å². The molecule has 0 saturated heterocycles. The van der Waals surface area contributed by atoms with Gasteiger partial charge in [0.25, 0.3) is 0 Å². The number of nitrogen functional groups attached to an aromatic ring is 1. The minimum absolute atomic E-state index is 0.363. The van der Waals surface area contributed by atoms with Crippen LogP contribution in [0.15, 0.2) is 6.08 Å². The number of nitrogens with zero attached hydrogens (tertiary/aromatic N) is 2. The molecule has 63 valence electrons. The van der Waals surface area contributed by atoms with Gasteiger partial charge in [0.1, 0.15) is 0 Å². The summed E-state index contributed by atoms with van der Waals surface area (Å²) in [6.45, 7) is 1.92. The fraction of sp³-hybridized carbons (Fsp3) is 0.286. The second kappa shape index (κ2) is 3.96. The molecule has 1 rings (SSSR count). The van der Waals surface area contributed by atoms with Crippen molar-refractivity contribution in [2.24, 2.45) is 0 Å². The van der Waals surface area contributed by atoms with Crippen molar-refractivity contribution < 1.29 is 4.79 Å². The van der Waals surface area contributed by atoms with Crippen molar-refractivity contribution in [3.05, 3.63) is 11.9 Å². The predicted octanol–water partition coefficient (Wildman–Crippen LogP) is 1.02. The molecule has 2 N–H and O–H groups in total. The molecule has 0 amide bonds. The van der Waals surface area contributed by atoms with Gasteiger partial charge in [-0.3, -0.25) is 4.79 Å². The number of aromatic nitrogens is 2. The highest BCUT2D eigenvalue weighted by molar-refractivity contribution is 7.09. The first-order chi connectivity index (χ1) is 5.77. The Morgan fingerprint density at radius 2 is 2.58 bits per heavy atom. The summed E-state index contributed by atoms with van der Waals surface area (Å²) in [6, 6.07) is 0. The molecule has 1 aromatic rings. The Labute approximate surface area is 74.3 Å². The average Bonchev–Trinajstić information content (AvgIpc) is 2.47. The van der Waals surface area contributed by atoms with E-state index in [4.69, 9.17) is 5.73 Å². The van der Waals surface area contributed by atoms with Crippen molar-refractivity contribution in [3.8, 4) is 0 Å². The molecule has 0 aromatic carbocycles. The molecule has 1 radical (unpaired) electrons. The van der Waals surface area contributed by atoms with E-state index < -0.39 is 0 Å². The minimum atomic E-state index is 0.363. The molecule has 5 heteroatoms. The summed E-state index contributed by atoms with van der Waals surface area (Å²) in [5, 5.41) is 0.363. The molecule has 0 aliphatic rings. The first kappa shape index (κ1) is 8.86. The van der Waals surface area contributed by atoms with Gasteiger partial charge in [-0.2, -0.15) is 9.36 Å². The monoisotopic (exact) mass is 182 g/mol. The van der Waals surface area contributed by atoms with E-state index in [9.17, 15) is 4.79 Å². The second-order valence-electron chi connectivity index (χ2n) is 2.08. The lowest BCUT2D eigenvalue weighted by Crippen LogP contribution is -1.89. The van der Waals surface area contributed by atoms with Gasteiger partial charge in [0.05, 0.1) is 5.57 Å². The molecule has 4 nitrogen and oxygen atoms in total. The molecule has 0 aliphatic carbocycles. The maximum atomic E-state index is 10.4. The lowest BCUT2D eigenvalue weighted by Gasteiger charge is -1.88. The predicted molar refractivity (Wildman–Crippen MR) is 48.3 cm³/mol. The van der Waals surface area contributed by atoms with E-state index in [-0.39, 0.29) is 0 Å². The maximum Gasteiger partial charge on any atom is 0.237 e. The Morgan fingerprint density at radius 1 is 1.83 bits per heavy atom. The Hall–Kier alpha value is -1.23. The SMILES string of the molecule is CC/C=C(/[C]=O)c1nsc(N)n1. The molecule has 1 aromatic heterocycles. The Morgan fingerprint density at radius 3 is 3.00 bits per heavy atom. The number of hydrogen-bond donors (Lipinski definition) is 1. The highest BCUT2D eigenvalue weighted by atomic mass is 32.1. The van der Waals surface area contributed by atoms with E-state index in [2.05, 4.69) is 9.36 Å². The van der Waals surface area contributed by atoms with E-state index in [1.165, 1.54) is 0 Å². The lowest BCUT2D eigenvalue weighted by molar-refractivity contribution is 0.565. The van der Waals surface area contributed by atoms with Crippen molar-refractivity contribution in [1.82, 2.24) is 9.36 Å². The third-order valence-electron chi connectivity index (χ3n) is 1.20. The summed E-state index contributed by atoms with van der Waals surface area (Å²) in [5.41, 5.74) is 5.74. The van der Waals surface area contributed by atoms with Crippen molar-refractivity contribution >= 4 is 28.5 Å².